The summed E-state index contributed by atoms with van der Waals surface area (Å²) in [5.74, 6) is -2.53. The Morgan fingerprint density at radius 1 is 0.677 bits per heavy atom. The van der Waals surface area contributed by atoms with Crippen molar-refractivity contribution in [3.05, 3.63) is 0 Å². The van der Waals surface area contributed by atoms with Gasteiger partial charge in [0.05, 0.1) is 5.41 Å². The molecule has 2 aliphatic heterocycles. The van der Waals surface area contributed by atoms with Crippen molar-refractivity contribution in [3.63, 3.8) is 0 Å². The van der Waals surface area contributed by atoms with Gasteiger partial charge in [-0.15, -0.1) is 5.06 Å². The molecule has 0 spiro atoms. The third kappa shape index (κ3) is 9.58. The van der Waals surface area contributed by atoms with Crippen LogP contribution in [-0.2, 0) is 38.4 Å². The highest BCUT2D eigenvalue weighted by Gasteiger charge is 2.36. The Labute approximate surface area is 182 Å². The SMILES string of the molecule is C.C.CC(C)(C)C(=O)ON1C(=O)CCC1=O.CC(C)(C)OC(=O)ON1C(=O)CCC1=O. The predicted octanol–water partition coefficient (Wildman–Crippen LogP) is 2.91. The van der Waals surface area contributed by atoms with Crippen LogP contribution in [0.15, 0.2) is 0 Å². The quantitative estimate of drug-likeness (QED) is 0.463. The first-order valence-corrected chi connectivity index (χ1v) is 8.97. The van der Waals surface area contributed by atoms with Crippen LogP contribution >= 0.6 is 0 Å². The van der Waals surface area contributed by atoms with Gasteiger partial charge in [0.25, 0.3) is 23.6 Å². The van der Waals surface area contributed by atoms with Gasteiger partial charge in [0.2, 0.25) is 0 Å². The topological polar surface area (TPSA) is 137 Å². The molecular weight excluding hydrogens is 412 g/mol. The lowest BCUT2D eigenvalue weighted by Crippen LogP contribution is -2.36. The number of hydrogen-bond donors (Lipinski definition) is 0. The van der Waals surface area contributed by atoms with Crippen LogP contribution < -0.4 is 0 Å². The van der Waals surface area contributed by atoms with E-state index in [2.05, 4.69) is 4.84 Å². The Hall–Kier alpha value is -2.98. The number of nitrogens with zero attached hydrogens (tertiary/aromatic N) is 2. The van der Waals surface area contributed by atoms with Gasteiger partial charge in [-0.25, -0.2) is 9.59 Å². The van der Waals surface area contributed by atoms with Gasteiger partial charge < -0.3 is 9.57 Å². The Kier molecular flexibility index (Phi) is 11.1. The summed E-state index contributed by atoms with van der Waals surface area (Å²) < 4.78 is 4.79. The van der Waals surface area contributed by atoms with Crippen molar-refractivity contribution in [2.45, 2.75) is 87.7 Å². The first-order valence-electron chi connectivity index (χ1n) is 8.97. The molecule has 0 aromatic carbocycles. The molecule has 2 rings (SSSR count). The number of carbonyl (C=O) groups is 6. The molecule has 4 amide bonds. The standard InChI is InChI=1S/C9H13NO5.C9H13NO4.2CH4/c1-9(2,3)14-8(13)15-10-6(11)4-5-7(10)12;1-9(2,3)8(13)14-10-6(11)4-5-7(10)12;;/h4-5H2,1-3H3;4-5H2,1-3H3;2*1H4. The highest BCUT2D eigenvalue weighted by molar-refractivity contribution is 6.02. The number of hydrogen-bond acceptors (Lipinski definition) is 9. The zero-order valence-electron chi connectivity index (χ0n) is 17.4. The average Bonchev–Trinajstić information content (AvgIpc) is 3.03. The summed E-state index contributed by atoms with van der Waals surface area (Å²) in [6.07, 6.45) is -0.665. The highest BCUT2D eigenvalue weighted by atomic mass is 16.8. The number of imide groups is 2. The molecule has 0 radical (unpaired) electrons. The minimum atomic E-state index is -1.05. The van der Waals surface area contributed by atoms with Crippen molar-refractivity contribution in [1.29, 1.82) is 0 Å². The van der Waals surface area contributed by atoms with Crippen LogP contribution in [0.5, 0.6) is 0 Å². The van der Waals surface area contributed by atoms with Gasteiger partial charge in [0.1, 0.15) is 5.60 Å². The third-order valence-corrected chi connectivity index (χ3v) is 3.35. The van der Waals surface area contributed by atoms with Crippen molar-refractivity contribution in [1.82, 2.24) is 10.1 Å². The Morgan fingerprint density at radius 2 is 1.00 bits per heavy atom. The normalized spacial score (nSPS) is 16.1. The molecule has 2 saturated heterocycles. The molecule has 0 aromatic rings. The van der Waals surface area contributed by atoms with E-state index < -0.39 is 46.8 Å². The van der Waals surface area contributed by atoms with Crippen LogP contribution in [0.3, 0.4) is 0 Å². The van der Waals surface area contributed by atoms with E-state index in [1.165, 1.54) is 0 Å². The minimum Gasteiger partial charge on any atom is -0.427 e. The predicted molar refractivity (Wildman–Crippen MR) is 109 cm³/mol. The van der Waals surface area contributed by atoms with Crippen LogP contribution in [0, 0.1) is 5.41 Å². The lowest BCUT2D eigenvalue weighted by molar-refractivity contribution is -0.203. The molecule has 2 fully saturated rings. The van der Waals surface area contributed by atoms with E-state index in [4.69, 9.17) is 9.57 Å². The summed E-state index contributed by atoms with van der Waals surface area (Å²) in [5, 5.41) is 1.02. The van der Waals surface area contributed by atoms with Crippen molar-refractivity contribution in [3.8, 4) is 0 Å². The summed E-state index contributed by atoms with van der Waals surface area (Å²) in [6.45, 7) is 9.92. The second kappa shape index (κ2) is 11.4. The largest absolute Gasteiger partial charge is 0.534 e. The second-order valence-electron chi connectivity index (χ2n) is 8.35. The molecule has 0 bridgehead atoms. The van der Waals surface area contributed by atoms with Crippen molar-refractivity contribution in [2.75, 3.05) is 0 Å². The van der Waals surface area contributed by atoms with Gasteiger partial charge in [0.15, 0.2) is 0 Å². The number of ether oxygens (including phenoxy) is 1. The molecule has 0 unspecified atom stereocenters. The van der Waals surface area contributed by atoms with Gasteiger partial charge in [0, 0.05) is 25.7 Å². The number of carbonyl (C=O) groups excluding carboxylic acids is 6. The molecule has 0 saturated carbocycles. The Balaban J connectivity index is 0. The first kappa shape index (κ1) is 30.2. The molecule has 2 aliphatic rings. The van der Waals surface area contributed by atoms with Crippen LogP contribution in [-0.4, -0.2) is 51.5 Å². The van der Waals surface area contributed by atoms with Gasteiger partial charge in [-0.2, -0.15) is 0 Å². The zero-order valence-corrected chi connectivity index (χ0v) is 17.4. The lowest BCUT2D eigenvalue weighted by atomic mass is 9.98. The van der Waals surface area contributed by atoms with Gasteiger partial charge in [-0.3, -0.25) is 24.0 Å². The Morgan fingerprint density at radius 3 is 1.29 bits per heavy atom. The Bertz CT molecular complexity index is 685. The van der Waals surface area contributed by atoms with Crippen molar-refractivity contribution >= 4 is 35.8 Å². The van der Waals surface area contributed by atoms with E-state index in [-0.39, 0.29) is 40.5 Å². The van der Waals surface area contributed by atoms with E-state index >= 15 is 0 Å². The van der Waals surface area contributed by atoms with E-state index in [1.807, 2.05) is 0 Å². The molecular formula is C20H34N2O9. The third-order valence-electron chi connectivity index (χ3n) is 3.35. The molecule has 0 aromatic heterocycles. The fourth-order valence-corrected chi connectivity index (χ4v) is 1.88. The average molecular weight is 446 g/mol. The fourth-order valence-electron chi connectivity index (χ4n) is 1.88. The van der Waals surface area contributed by atoms with Gasteiger partial charge in [-0.1, -0.05) is 19.9 Å². The number of rotatable bonds is 2. The molecule has 0 aliphatic carbocycles. The molecule has 31 heavy (non-hydrogen) atoms. The maximum atomic E-state index is 11.3. The van der Waals surface area contributed by atoms with Crippen LogP contribution in [0.4, 0.5) is 4.79 Å². The number of hydroxylamine groups is 4. The zero-order chi connectivity index (χ0) is 22.6. The molecule has 0 atom stereocenters. The van der Waals surface area contributed by atoms with Gasteiger partial charge >= 0.3 is 12.1 Å². The van der Waals surface area contributed by atoms with Crippen LogP contribution in [0.2, 0.25) is 0 Å². The smallest absolute Gasteiger partial charge is 0.427 e. The molecule has 2 heterocycles. The molecule has 11 nitrogen and oxygen atoms in total. The van der Waals surface area contributed by atoms with E-state index in [9.17, 15) is 28.8 Å². The van der Waals surface area contributed by atoms with Crippen molar-refractivity contribution < 1.29 is 43.2 Å². The molecule has 0 N–H and O–H groups in total. The van der Waals surface area contributed by atoms with Crippen LogP contribution in [0.25, 0.3) is 0 Å². The molecule has 178 valence electrons. The fraction of sp³-hybridized carbons (Fsp3) is 0.700. The van der Waals surface area contributed by atoms with Crippen LogP contribution in [0.1, 0.15) is 82.1 Å². The monoisotopic (exact) mass is 446 g/mol. The van der Waals surface area contributed by atoms with E-state index in [0.717, 1.165) is 0 Å². The highest BCUT2D eigenvalue weighted by Crippen LogP contribution is 2.19. The van der Waals surface area contributed by atoms with E-state index in [0.29, 0.717) is 10.1 Å². The minimum absolute atomic E-state index is 0. The lowest BCUT2D eigenvalue weighted by Gasteiger charge is -2.20. The maximum Gasteiger partial charge on any atom is 0.534 e. The summed E-state index contributed by atoms with van der Waals surface area (Å²) in [7, 11) is 0. The summed E-state index contributed by atoms with van der Waals surface area (Å²) in [6, 6.07) is 0. The summed E-state index contributed by atoms with van der Waals surface area (Å²) in [5.41, 5.74) is -1.44. The molecule has 11 heteroatoms. The summed E-state index contributed by atoms with van der Waals surface area (Å²) >= 11 is 0. The summed E-state index contributed by atoms with van der Waals surface area (Å²) in [4.78, 5) is 75.9. The first-order chi connectivity index (χ1) is 13.1. The van der Waals surface area contributed by atoms with Crippen molar-refractivity contribution in [2.24, 2.45) is 5.41 Å². The van der Waals surface area contributed by atoms with E-state index in [1.54, 1.807) is 41.5 Å². The number of amides is 4. The maximum absolute atomic E-state index is 11.3. The van der Waals surface area contributed by atoms with Gasteiger partial charge in [-0.05, 0) is 41.5 Å². The second-order valence-corrected chi connectivity index (χ2v) is 8.35.